The van der Waals surface area contributed by atoms with Gasteiger partial charge in [-0.05, 0) is 60.9 Å². The molecule has 0 fully saturated rings. The highest BCUT2D eigenvalue weighted by Gasteiger charge is 2.33. The Hall–Kier alpha value is -4.05. The van der Waals surface area contributed by atoms with Gasteiger partial charge in [0, 0.05) is 19.0 Å². The SMILES string of the molecule is CC[C@@H](C)NC(=O)[C@H](Cc1ccccc1)N(Cc1cccc(OC)c1)C(=O)CN(c1ccc(OC)cc1)S(C)(=O)=O. The molecule has 0 saturated carbocycles. The molecule has 9 nitrogen and oxygen atoms in total. The molecule has 0 unspecified atom stereocenters. The molecule has 1 N–H and O–H groups in total. The van der Waals surface area contributed by atoms with E-state index in [4.69, 9.17) is 9.47 Å². The van der Waals surface area contributed by atoms with Crippen LogP contribution in [0.5, 0.6) is 11.5 Å². The summed E-state index contributed by atoms with van der Waals surface area (Å²) < 4.78 is 37.4. The molecule has 0 aromatic heterocycles. The van der Waals surface area contributed by atoms with Crippen LogP contribution in [0.2, 0.25) is 0 Å². The number of methoxy groups -OCH3 is 2. The number of carbonyl (C=O) groups excluding carboxylic acids is 2. The first-order chi connectivity index (χ1) is 19.5. The van der Waals surface area contributed by atoms with Crippen molar-refractivity contribution in [1.82, 2.24) is 10.2 Å². The van der Waals surface area contributed by atoms with Gasteiger partial charge in [0.15, 0.2) is 0 Å². The van der Waals surface area contributed by atoms with Crippen LogP contribution in [0.3, 0.4) is 0 Å². The van der Waals surface area contributed by atoms with Crippen molar-refractivity contribution < 1.29 is 27.5 Å². The lowest BCUT2D eigenvalue weighted by Crippen LogP contribution is -2.54. The number of nitrogens with one attached hydrogen (secondary N) is 1. The van der Waals surface area contributed by atoms with Crippen molar-refractivity contribution in [2.45, 2.75) is 45.3 Å². The minimum Gasteiger partial charge on any atom is -0.497 e. The summed E-state index contributed by atoms with van der Waals surface area (Å²) in [7, 11) is -0.784. The molecule has 41 heavy (non-hydrogen) atoms. The van der Waals surface area contributed by atoms with Crippen molar-refractivity contribution in [3.05, 3.63) is 90.0 Å². The van der Waals surface area contributed by atoms with Gasteiger partial charge in [0.05, 0.1) is 26.2 Å². The fraction of sp³-hybridized carbons (Fsp3) is 0.355. The highest BCUT2D eigenvalue weighted by molar-refractivity contribution is 7.92. The molecular weight excluding hydrogens is 542 g/mol. The van der Waals surface area contributed by atoms with Crippen molar-refractivity contribution in [1.29, 1.82) is 0 Å². The molecule has 220 valence electrons. The van der Waals surface area contributed by atoms with Gasteiger partial charge in [-0.3, -0.25) is 13.9 Å². The topological polar surface area (TPSA) is 105 Å². The number of nitrogens with zero attached hydrogens (tertiary/aromatic N) is 2. The van der Waals surface area contributed by atoms with E-state index in [-0.39, 0.29) is 24.9 Å². The van der Waals surface area contributed by atoms with E-state index in [1.54, 1.807) is 43.5 Å². The third-order valence-corrected chi connectivity index (χ3v) is 7.94. The summed E-state index contributed by atoms with van der Waals surface area (Å²) in [4.78, 5) is 29.3. The lowest BCUT2D eigenvalue weighted by Gasteiger charge is -2.34. The van der Waals surface area contributed by atoms with Crippen LogP contribution in [0.1, 0.15) is 31.4 Å². The van der Waals surface area contributed by atoms with Gasteiger partial charge in [0.25, 0.3) is 0 Å². The van der Waals surface area contributed by atoms with Crippen LogP contribution in [-0.4, -0.2) is 64.2 Å². The van der Waals surface area contributed by atoms with Crippen LogP contribution in [0.25, 0.3) is 0 Å². The smallest absolute Gasteiger partial charge is 0.244 e. The Balaban J connectivity index is 2.06. The van der Waals surface area contributed by atoms with E-state index in [0.717, 1.165) is 21.7 Å². The second-order valence-electron chi connectivity index (χ2n) is 9.86. The largest absolute Gasteiger partial charge is 0.497 e. The van der Waals surface area contributed by atoms with E-state index in [9.17, 15) is 18.0 Å². The average molecular weight is 582 g/mol. The van der Waals surface area contributed by atoms with E-state index < -0.39 is 28.5 Å². The van der Waals surface area contributed by atoms with Crippen LogP contribution in [0.4, 0.5) is 5.69 Å². The standard InChI is InChI=1S/C31H39N3O6S/c1-6-23(2)32-31(36)29(20-24-11-8-7-9-12-24)33(21-25-13-10-14-28(19-25)40-4)30(35)22-34(41(5,37)38)26-15-17-27(39-3)18-16-26/h7-19,23,29H,6,20-22H2,1-5H3,(H,32,36)/t23-,29+/m1/s1. The van der Waals surface area contributed by atoms with Gasteiger partial charge in [-0.25, -0.2) is 8.42 Å². The fourth-order valence-electron chi connectivity index (χ4n) is 4.32. The maximum absolute atomic E-state index is 14.1. The number of anilines is 1. The zero-order valence-electron chi connectivity index (χ0n) is 24.2. The molecule has 0 aliphatic rings. The van der Waals surface area contributed by atoms with E-state index in [2.05, 4.69) is 5.32 Å². The molecule has 3 aromatic rings. The van der Waals surface area contributed by atoms with Crippen LogP contribution in [-0.2, 0) is 32.6 Å². The predicted molar refractivity (Wildman–Crippen MR) is 161 cm³/mol. The molecule has 2 amide bonds. The van der Waals surface area contributed by atoms with Gasteiger partial charge in [-0.2, -0.15) is 0 Å². The van der Waals surface area contributed by atoms with Crippen molar-refractivity contribution in [3.63, 3.8) is 0 Å². The first-order valence-electron chi connectivity index (χ1n) is 13.4. The fourth-order valence-corrected chi connectivity index (χ4v) is 5.17. The maximum atomic E-state index is 14.1. The Kier molecular flexibility index (Phi) is 11.2. The summed E-state index contributed by atoms with van der Waals surface area (Å²) in [6.45, 7) is 3.45. The van der Waals surface area contributed by atoms with Crippen LogP contribution >= 0.6 is 0 Å². The normalized spacial score (nSPS) is 12.6. The summed E-state index contributed by atoms with van der Waals surface area (Å²) in [5, 5.41) is 3.02. The van der Waals surface area contributed by atoms with Crippen molar-refractivity contribution in [3.8, 4) is 11.5 Å². The second-order valence-corrected chi connectivity index (χ2v) is 11.8. The van der Waals surface area contributed by atoms with E-state index in [1.807, 2.05) is 56.3 Å². The highest BCUT2D eigenvalue weighted by atomic mass is 32.2. The summed E-state index contributed by atoms with van der Waals surface area (Å²) in [5.41, 5.74) is 1.92. The zero-order valence-corrected chi connectivity index (χ0v) is 25.1. The Morgan fingerprint density at radius 3 is 2.10 bits per heavy atom. The predicted octanol–water partition coefficient (Wildman–Crippen LogP) is 4.02. The van der Waals surface area contributed by atoms with Crippen molar-refractivity contribution >= 4 is 27.5 Å². The number of amides is 2. The van der Waals surface area contributed by atoms with Crippen LogP contribution in [0.15, 0.2) is 78.9 Å². The number of benzene rings is 3. The number of sulfonamides is 1. The van der Waals surface area contributed by atoms with Crippen LogP contribution < -0.4 is 19.1 Å². The zero-order chi connectivity index (χ0) is 30.0. The Morgan fingerprint density at radius 1 is 0.878 bits per heavy atom. The van der Waals surface area contributed by atoms with Gasteiger partial charge in [0.2, 0.25) is 21.8 Å². The van der Waals surface area contributed by atoms with Gasteiger partial charge < -0.3 is 19.7 Å². The lowest BCUT2D eigenvalue weighted by atomic mass is 10.0. The van der Waals surface area contributed by atoms with Crippen molar-refractivity contribution in [2.75, 3.05) is 31.3 Å². The molecule has 0 radical (unpaired) electrons. The second kappa shape index (κ2) is 14.5. The van der Waals surface area contributed by atoms with Gasteiger partial charge in [-0.1, -0.05) is 49.4 Å². The maximum Gasteiger partial charge on any atom is 0.244 e. The Morgan fingerprint density at radius 2 is 1.51 bits per heavy atom. The van der Waals surface area contributed by atoms with Gasteiger partial charge in [-0.15, -0.1) is 0 Å². The molecule has 0 spiro atoms. The quantitative estimate of drug-likeness (QED) is 0.308. The summed E-state index contributed by atoms with van der Waals surface area (Å²) >= 11 is 0. The average Bonchev–Trinajstić information content (AvgIpc) is 2.97. The van der Waals surface area contributed by atoms with Gasteiger partial charge in [0.1, 0.15) is 24.1 Å². The van der Waals surface area contributed by atoms with Crippen molar-refractivity contribution in [2.24, 2.45) is 0 Å². The highest BCUT2D eigenvalue weighted by Crippen LogP contribution is 2.23. The molecular formula is C31H39N3O6S. The number of rotatable bonds is 14. The summed E-state index contributed by atoms with van der Waals surface area (Å²) in [6, 6.07) is 22.1. The number of hydrogen-bond donors (Lipinski definition) is 1. The molecule has 2 atom stereocenters. The number of ether oxygens (including phenoxy) is 2. The third kappa shape index (κ3) is 8.97. The molecule has 0 aliphatic carbocycles. The first-order valence-corrected chi connectivity index (χ1v) is 15.3. The lowest BCUT2D eigenvalue weighted by molar-refractivity contribution is -0.140. The summed E-state index contributed by atoms with van der Waals surface area (Å²) in [5.74, 6) is 0.330. The third-order valence-electron chi connectivity index (χ3n) is 6.80. The monoisotopic (exact) mass is 581 g/mol. The molecule has 3 rings (SSSR count). The van der Waals surface area contributed by atoms with E-state index in [0.29, 0.717) is 23.6 Å². The van der Waals surface area contributed by atoms with Crippen LogP contribution in [0, 0.1) is 0 Å². The molecule has 0 heterocycles. The van der Waals surface area contributed by atoms with E-state index >= 15 is 0 Å². The van der Waals surface area contributed by atoms with E-state index in [1.165, 1.54) is 12.0 Å². The number of carbonyl (C=O) groups is 2. The number of hydrogen-bond acceptors (Lipinski definition) is 6. The molecule has 3 aromatic carbocycles. The molecule has 0 saturated heterocycles. The molecule has 0 aliphatic heterocycles. The summed E-state index contributed by atoms with van der Waals surface area (Å²) in [6.07, 6.45) is 2.02. The molecule has 0 bridgehead atoms. The Labute approximate surface area is 243 Å². The minimum atomic E-state index is -3.85. The first kappa shape index (κ1) is 31.5. The molecule has 10 heteroatoms. The minimum absolute atomic E-state index is 0.0711. The Bertz CT molecular complexity index is 1400. The van der Waals surface area contributed by atoms with Gasteiger partial charge >= 0.3 is 0 Å².